The number of nitrogens with one attached hydrogen (secondary N) is 5. The van der Waals surface area contributed by atoms with Gasteiger partial charge in [-0.15, -0.1) is 0 Å². The number of Topliss-reactive ketones (excluding diaryl/α,β-unsaturated/α-hetero) is 2. The third kappa shape index (κ3) is 14.7. The molecule has 4 heterocycles. The van der Waals surface area contributed by atoms with Gasteiger partial charge >= 0.3 is 0 Å². The van der Waals surface area contributed by atoms with Crippen molar-refractivity contribution in [2.75, 3.05) is 133 Å². The van der Waals surface area contributed by atoms with Crippen molar-refractivity contribution in [3.63, 3.8) is 0 Å². The molecular weight excluding hydrogens is 1010 g/mol. The maximum Gasteiger partial charge on any atom is 0.262 e. The average Bonchev–Trinajstić information content (AvgIpc) is 4.15. The zero-order valence-electron chi connectivity index (χ0n) is 43.4. The Bertz CT molecular complexity index is 2940. The van der Waals surface area contributed by atoms with Crippen LogP contribution < -0.4 is 26.2 Å². The first-order chi connectivity index (χ1) is 37.9. The van der Waals surface area contributed by atoms with Gasteiger partial charge in [0, 0.05) is 93.5 Å². The lowest BCUT2D eigenvalue weighted by Crippen LogP contribution is -2.49. The molecular formula is C56H65F2N9O11. The lowest BCUT2D eigenvalue weighted by Gasteiger charge is -2.36. The number of ketones is 2. The fraction of sp³-hybridized carbons (Fsp3) is 0.446. The normalized spacial score (nSPS) is 17.2. The van der Waals surface area contributed by atoms with E-state index in [0.717, 1.165) is 35.1 Å². The van der Waals surface area contributed by atoms with Crippen molar-refractivity contribution in [3.8, 4) is 0 Å². The number of ether oxygens (including phenoxy) is 5. The van der Waals surface area contributed by atoms with E-state index < -0.39 is 35.3 Å². The van der Waals surface area contributed by atoms with Crippen molar-refractivity contribution in [2.24, 2.45) is 0 Å². The van der Waals surface area contributed by atoms with Gasteiger partial charge in [0.25, 0.3) is 17.7 Å². The molecule has 0 radical (unpaired) electrons. The number of nitrogens with zero attached hydrogens (tertiary/aromatic N) is 4. The van der Waals surface area contributed by atoms with Gasteiger partial charge < -0.3 is 49.9 Å². The zero-order valence-corrected chi connectivity index (χ0v) is 43.4. The molecule has 2 saturated heterocycles. The second-order valence-corrected chi connectivity index (χ2v) is 19.6. The number of amides is 4. The molecule has 0 spiro atoms. The Morgan fingerprint density at radius 3 is 2.13 bits per heavy atom. The van der Waals surface area contributed by atoms with Gasteiger partial charge in [-0.2, -0.15) is 5.10 Å². The molecule has 1 aromatic heterocycles. The van der Waals surface area contributed by atoms with Gasteiger partial charge in [-0.1, -0.05) is 6.07 Å². The van der Waals surface area contributed by atoms with Gasteiger partial charge in [0.15, 0.2) is 11.6 Å². The number of benzene rings is 4. The summed E-state index contributed by atoms with van der Waals surface area (Å²) in [6.45, 7) is 8.06. The van der Waals surface area contributed by atoms with Crippen molar-refractivity contribution >= 4 is 69.0 Å². The van der Waals surface area contributed by atoms with E-state index in [2.05, 4.69) is 41.3 Å². The van der Waals surface area contributed by atoms with E-state index in [1.165, 1.54) is 12.1 Å². The standard InChI is InChI=1S/C56H65F2N9O11/c57-38-28-37(29-39(58)31-38)27-36-1-7-48-47(30-36)53(64-63-48)62-54(71)45-6-3-42(33-49(45)61-40-9-17-74-18-10-40)66-15-13-65(14-16-66)35-52(70)60-12-20-76-22-24-78-26-25-77-23-21-75-19-11-59-41-2-5-44-46(32-41)56(73)67(55(44)72)50-8-4-43(68)34-51(50)69/h1-3,5-7,28-33,40,50,59,61H,4,8-27,34-35H2,(H,60,70)(H2,62,63,64,71). The molecule has 4 aromatic carbocycles. The number of anilines is 4. The number of carbonyl (C=O) groups excluding carboxylic acids is 6. The summed E-state index contributed by atoms with van der Waals surface area (Å²) in [5.41, 5.74) is 5.21. The highest BCUT2D eigenvalue weighted by Gasteiger charge is 2.44. The van der Waals surface area contributed by atoms with Crippen LogP contribution in [0, 0.1) is 11.6 Å². The fourth-order valence-electron chi connectivity index (χ4n) is 10.00. The van der Waals surface area contributed by atoms with Crippen molar-refractivity contribution in [1.82, 2.24) is 25.3 Å². The first kappa shape index (κ1) is 55.5. The highest BCUT2D eigenvalue weighted by Crippen LogP contribution is 2.32. The minimum atomic E-state index is -0.904. The van der Waals surface area contributed by atoms with Gasteiger partial charge in [0.2, 0.25) is 5.91 Å². The predicted octanol–water partition coefficient (Wildman–Crippen LogP) is 4.98. The molecule has 1 saturated carbocycles. The smallest absolute Gasteiger partial charge is 0.262 e. The monoisotopic (exact) mass is 1080 g/mol. The van der Waals surface area contributed by atoms with E-state index >= 15 is 0 Å². The zero-order chi connectivity index (χ0) is 54.4. The van der Waals surface area contributed by atoms with E-state index in [9.17, 15) is 37.5 Å². The minimum absolute atomic E-state index is 0.0827. The number of aromatic amines is 1. The second kappa shape index (κ2) is 26.9. The van der Waals surface area contributed by atoms with Crippen LogP contribution in [0.25, 0.3) is 10.9 Å². The van der Waals surface area contributed by atoms with E-state index in [0.29, 0.717) is 151 Å². The lowest BCUT2D eigenvalue weighted by atomic mass is 9.92. The molecule has 1 unspecified atom stereocenters. The number of fused-ring (bicyclic) bond motifs is 2. The highest BCUT2D eigenvalue weighted by atomic mass is 19.1. The maximum absolute atomic E-state index is 14.0. The largest absolute Gasteiger partial charge is 0.383 e. The van der Waals surface area contributed by atoms with Gasteiger partial charge in [-0.05, 0) is 97.5 Å². The number of rotatable bonds is 26. The summed E-state index contributed by atoms with van der Waals surface area (Å²) in [6.07, 6.45) is 1.96. The quantitative estimate of drug-likeness (QED) is 0.0279. The molecule has 22 heteroatoms. The molecule has 20 nitrogen and oxygen atoms in total. The molecule has 5 aromatic rings. The molecule has 9 rings (SSSR count). The van der Waals surface area contributed by atoms with E-state index in [4.69, 9.17) is 23.7 Å². The third-order valence-corrected chi connectivity index (χ3v) is 14.1. The van der Waals surface area contributed by atoms with Crippen LogP contribution in [0.4, 0.5) is 31.7 Å². The number of carbonyl (C=O) groups is 6. The SMILES string of the molecule is O=C1CCC(N2C(=O)c3ccc(NCCOCCOCCOCCOCCNC(=O)CN4CCN(c5ccc(C(=O)Nc6n[nH]c7ccc(Cc8cc(F)cc(F)c8)cc67)c(NC6CCOCC6)c5)CC4)cc3C2=O)C(=O)C1. The van der Waals surface area contributed by atoms with Crippen molar-refractivity contribution in [3.05, 3.63) is 112 Å². The summed E-state index contributed by atoms with van der Waals surface area (Å²) in [5, 5.41) is 20.7. The van der Waals surface area contributed by atoms with E-state index in [1.54, 1.807) is 18.2 Å². The van der Waals surface area contributed by atoms with Crippen LogP contribution in [0.3, 0.4) is 0 Å². The number of H-pyrrole nitrogens is 1. The van der Waals surface area contributed by atoms with Crippen molar-refractivity contribution in [2.45, 2.75) is 50.6 Å². The minimum Gasteiger partial charge on any atom is -0.383 e. The number of hydrogen-bond acceptors (Lipinski definition) is 16. The Morgan fingerprint density at radius 2 is 1.41 bits per heavy atom. The summed E-state index contributed by atoms with van der Waals surface area (Å²) in [5.74, 6) is -2.98. The second-order valence-electron chi connectivity index (χ2n) is 19.6. The number of aromatic nitrogens is 2. The molecule has 414 valence electrons. The predicted molar refractivity (Wildman–Crippen MR) is 285 cm³/mol. The van der Waals surface area contributed by atoms with Gasteiger partial charge in [0.1, 0.15) is 17.4 Å². The topological polar surface area (TPSA) is 235 Å². The van der Waals surface area contributed by atoms with Crippen LogP contribution >= 0.6 is 0 Å². The molecule has 1 aliphatic carbocycles. The van der Waals surface area contributed by atoms with Gasteiger partial charge in [-0.25, -0.2) is 8.78 Å². The van der Waals surface area contributed by atoms with Crippen LogP contribution in [0.2, 0.25) is 0 Å². The number of imide groups is 1. The van der Waals surface area contributed by atoms with E-state index in [-0.39, 0.29) is 60.6 Å². The lowest BCUT2D eigenvalue weighted by molar-refractivity contribution is -0.132. The highest BCUT2D eigenvalue weighted by molar-refractivity contribution is 6.24. The van der Waals surface area contributed by atoms with E-state index in [1.807, 2.05) is 36.4 Å². The van der Waals surface area contributed by atoms with Crippen LogP contribution in [-0.4, -0.2) is 179 Å². The molecule has 4 amide bonds. The first-order valence-electron chi connectivity index (χ1n) is 26.5. The number of hydrogen-bond donors (Lipinski definition) is 5. The Morgan fingerprint density at radius 1 is 0.718 bits per heavy atom. The summed E-state index contributed by atoms with van der Waals surface area (Å²) in [7, 11) is 0. The Labute approximate surface area is 449 Å². The van der Waals surface area contributed by atoms with Crippen molar-refractivity contribution < 1.29 is 61.2 Å². The van der Waals surface area contributed by atoms with Crippen LogP contribution in [0.15, 0.2) is 72.8 Å². The first-order valence-corrected chi connectivity index (χ1v) is 26.5. The molecule has 78 heavy (non-hydrogen) atoms. The third-order valence-electron chi connectivity index (χ3n) is 14.1. The Kier molecular flexibility index (Phi) is 19.2. The molecule has 3 aliphatic heterocycles. The molecule has 5 N–H and O–H groups in total. The number of halogens is 2. The summed E-state index contributed by atoms with van der Waals surface area (Å²) >= 11 is 0. The molecule has 3 fully saturated rings. The van der Waals surface area contributed by atoms with Gasteiger partial charge in [0.05, 0.1) is 94.1 Å². The Balaban J connectivity index is 0.617. The maximum atomic E-state index is 14.0. The average molecular weight is 1080 g/mol. The summed E-state index contributed by atoms with van der Waals surface area (Å²) in [4.78, 5) is 82.2. The Hall–Kier alpha value is -7.21. The van der Waals surface area contributed by atoms with Crippen LogP contribution in [-0.2, 0) is 44.5 Å². The fourth-order valence-corrected chi connectivity index (χ4v) is 10.00. The summed E-state index contributed by atoms with van der Waals surface area (Å²) in [6, 6.07) is 18.8. The van der Waals surface area contributed by atoms with Crippen molar-refractivity contribution in [1.29, 1.82) is 0 Å². The van der Waals surface area contributed by atoms with Crippen LogP contribution in [0.5, 0.6) is 0 Å². The number of piperazine rings is 1. The van der Waals surface area contributed by atoms with Gasteiger partial charge in [-0.3, -0.25) is 43.7 Å². The summed E-state index contributed by atoms with van der Waals surface area (Å²) < 4.78 is 55.8. The molecule has 1 atom stereocenters. The molecule has 4 aliphatic rings. The van der Waals surface area contributed by atoms with Crippen LogP contribution in [0.1, 0.15) is 74.3 Å². The molecule has 0 bridgehead atoms.